The van der Waals surface area contributed by atoms with Gasteiger partial charge in [-0.1, -0.05) is 32.4 Å². The lowest BCUT2D eigenvalue weighted by Crippen LogP contribution is -2.50. The van der Waals surface area contributed by atoms with Crippen molar-refractivity contribution in [1.82, 2.24) is 0 Å². The van der Waals surface area contributed by atoms with E-state index < -0.39 is 25.4 Å². The Hall–Kier alpha value is -0.380. The third-order valence-electron chi connectivity index (χ3n) is 10.2. The van der Waals surface area contributed by atoms with E-state index in [4.69, 9.17) is 8.22 Å². The molecule has 3 N–H and O–H groups in total. The Bertz CT molecular complexity index is 839. The van der Waals surface area contributed by atoms with E-state index in [0.717, 1.165) is 38.5 Å². The number of aliphatic hydroxyl groups excluding tert-OH is 2. The Kier molecular flexibility index (Phi) is 4.28. The minimum atomic E-state index is -3.21. The van der Waals surface area contributed by atoms with Crippen LogP contribution in [0.3, 0.4) is 0 Å². The summed E-state index contributed by atoms with van der Waals surface area (Å²) in [7, 11) is 0. The van der Waals surface area contributed by atoms with Gasteiger partial charge < -0.3 is 15.3 Å². The van der Waals surface area contributed by atoms with Crippen LogP contribution in [0.4, 0.5) is 0 Å². The van der Waals surface area contributed by atoms with E-state index in [1.807, 2.05) is 0 Å². The van der Waals surface area contributed by atoms with Crippen molar-refractivity contribution >= 4 is 0 Å². The summed E-state index contributed by atoms with van der Waals surface area (Å²) in [6, 6.07) is 0. The molecule has 4 rings (SSSR count). The molecule has 0 aromatic carbocycles. The summed E-state index contributed by atoms with van der Waals surface area (Å²) in [6.45, 7) is 0.581. The minimum Gasteiger partial charge on any atom is -0.393 e. The normalized spacial score (nSPS) is 49.5. The molecule has 0 bridgehead atoms. The topological polar surface area (TPSA) is 60.7 Å². The Labute approximate surface area is 192 Å². The monoisotopic (exact) mass is 424 g/mol. The van der Waals surface area contributed by atoms with Crippen LogP contribution in [0.2, 0.25) is 0 Å². The van der Waals surface area contributed by atoms with Crippen LogP contribution in [0.25, 0.3) is 0 Å². The van der Waals surface area contributed by atoms with E-state index in [0.29, 0.717) is 30.1 Å². The van der Waals surface area contributed by atoms with Crippen molar-refractivity contribution < 1.29 is 23.5 Å². The molecule has 4 aliphatic rings. The Morgan fingerprint density at radius 1 is 1.13 bits per heavy atom. The lowest BCUT2D eigenvalue weighted by Gasteiger charge is -2.58. The van der Waals surface area contributed by atoms with Crippen LogP contribution in [-0.4, -0.2) is 33.1 Å². The summed E-state index contributed by atoms with van der Waals surface area (Å²) in [6.07, 6.45) is 9.30. The molecule has 7 unspecified atom stereocenters. The standard InChI is InChI=1S/C27H46O3/c1-17(6-11-24(29)25(2,3)30)21-9-10-22-20-8-7-18-16-19(28)12-14-26(18,4)23(20)13-15-27(21,22)5/h7,17,19-24,28-30H,6,8-16H2,1-5H3/t17-,19?,20?,21?,22?,23?,24+,26?,27?/m1/s1/i2D3,3D3. The van der Waals surface area contributed by atoms with Crippen molar-refractivity contribution in [1.29, 1.82) is 0 Å². The van der Waals surface area contributed by atoms with E-state index in [9.17, 15) is 15.3 Å². The zero-order valence-electron chi connectivity index (χ0n) is 25.0. The lowest BCUT2D eigenvalue weighted by atomic mass is 9.47. The number of hydrogen-bond acceptors (Lipinski definition) is 3. The first-order valence-electron chi connectivity index (χ1n) is 15.2. The molecule has 3 heteroatoms. The molecule has 172 valence electrons. The zero-order valence-corrected chi connectivity index (χ0v) is 19.0. The summed E-state index contributed by atoms with van der Waals surface area (Å²) in [5, 5.41) is 31.5. The first-order chi connectivity index (χ1) is 16.5. The molecule has 0 aliphatic heterocycles. The molecule has 0 aromatic heterocycles. The van der Waals surface area contributed by atoms with E-state index in [2.05, 4.69) is 26.8 Å². The van der Waals surface area contributed by atoms with Crippen LogP contribution in [-0.2, 0) is 0 Å². The number of allylic oxidation sites excluding steroid dienone is 1. The maximum atomic E-state index is 10.6. The van der Waals surface area contributed by atoms with Crippen LogP contribution in [0, 0.1) is 40.4 Å². The molecule has 0 spiro atoms. The molecular formula is C27H46O3. The fourth-order valence-electron chi connectivity index (χ4n) is 8.45. The van der Waals surface area contributed by atoms with Crippen LogP contribution in [0.5, 0.6) is 0 Å². The van der Waals surface area contributed by atoms with E-state index in [1.54, 1.807) is 0 Å². The molecule has 0 amide bonds. The average Bonchev–Trinajstić information content (AvgIpc) is 3.12. The van der Waals surface area contributed by atoms with Crippen molar-refractivity contribution in [3.63, 3.8) is 0 Å². The maximum absolute atomic E-state index is 10.6. The Balaban J connectivity index is 1.46. The molecule has 0 aromatic rings. The van der Waals surface area contributed by atoms with Crippen molar-refractivity contribution in [3.8, 4) is 0 Å². The van der Waals surface area contributed by atoms with Gasteiger partial charge in [0.25, 0.3) is 0 Å². The highest BCUT2D eigenvalue weighted by atomic mass is 16.3. The van der Waals surface area contributed by atoms with Gasteiger partial charge in [-0.2, -0.15) is 0 Å². The Morgan fingerprint density at radius 3 is 2.63 bits per heavy atom. The molecule has 0 radical (unpaired) electrons. The van der Waals surface area contributed by atoms with Crippen LogP contribution >= 0.6 is 0 Å². The smallest absolute Gasteiger partial charge is 0.0849 e. The average molecular weight is 425 g/mol. The summed E-state index contributed by atoms with van der Waals surface area (Å²) in [5.74, 6) is 2.55. The van der Waals surface area contributed by atoms with E-state index in [-0.39, 0.29) is 29.3 Å². The predicted octanol–water partition coefficient (Wildman–Crippen LogP) is 5.47. The second kappa shape index (κ2) is 7.89. The zero-order chi connectivity index (χ0) is 26.9. The number of rotatable bonds is 5. The molecule has 30 heavy (non-hydrogen) atoms. The van der Waals surface area contributed by atoms with Gasteiger partial charge in [0, 0.05) is 8.22 Å². The maximum Gasteiger partial charge on any atom is 0.0849 e. The van der Waals surface area contributed by atoms with Crippen LogP contribution in [0.1, 0.15) is 107 Å². The first-order valence-corrected chi connectivity index (χ1v) is 12.2. The van der Waals surface area contributed by atoms with Crippen molar-refractivity contribution in [2.45, 2.75) is 116 Å². The second-order valence-electron chi connectivity index (χ2n) is 11.7. The SMILES string of the molecule is [2H]C([2H])([2H])C(O)([C@@H](O)CC[C@@H](C)C1CCC2C3CC=C4CC(O)CCC4(C)C3CCC21C)C([2H])([2H])[2H]. The molecule has 3 nitrogen and oxygen atoms in total. The summed E-state index contributed by atoms with van der Waals surface area (Å²) in [4.78, 5) is 0. The van der Waals surface area contributed by atoms with Gasteiger partial charge in [-0.3, -0.25) is 0 Å². The molecular weight excluding hydrogens is 372 g/mol. The van der Waals surface area contributed by atoms with Gasteiger partial charge in [-0.15, -0.1) is 0 Å². The molecule has 3 saturated carbocycles. The van der Waals surface area contributed by atoms with Gasteiger partial charge in [-0.05, 0) is 118 Å². The van der Waals surface area contributed by atoms with E-state index >= 15 is 0 Å². The largest absolute Gasteiger partial charge is 0.393 e. The highest BCUT2D eigenvalue weighted by molar-refractivity contribution is 5.25. The fourth-order valence-corrected chi connectivity index (χ4v) is 8.45. The highest BCUT2D eigenvalue weighted by Crippen LogP contribution is 2.67. The second-order valence-corrected chi connectivity index (χ2v) is 11.7. The first kappa shape index (κ1) is 16.3. The third-order valence-corrected chi connectivity index (χ3v) is 10.2. The van der Waals surface area contributed by atoms with Gasteiger partial charge in [0.2, 0.25) is 0 Å². The predicted molar refractivity (Wildman–Crippen MR) is 122 cm³/mol. The Morgan fingerprint density at radius 2 is 1.90 bits per heavy atom. The van der Waals surface area contributed by atoms with Gasteiger partial charge in [0.1, 0.15) is 0 Å². The molecule has 3 fully saturated rings. The highest BCUT2D eigenvalue weighted by Gasteiger charge is 2.59. The summed E-state index contributed by atoms with van der Waals surface area (Å²) < 4.78 is 45.6. The number of fused-ring (bicyclic) bond motifs is 5. The minimum absolute atomic E-state index is 0.0513. The summed E-state index contributed by atoms with van der Waals surface area (Å²) >= 11 is 0. The van der Waals surface area contributed by atoms with Crippen molar-refractivity contribution in [2.75, 3.05) is 0 Å². The fraction of sp³-hybridized carbons (Fsp3) is 0.926. The quantitative estimate of drug-likeness (QED) is 0.513. The third kappa shape index (κ3) is 3.71. The number of hydrogen-bond donors (Lipinski definition) is 3. The van der Waals surface area contributed by atoms with Crippen LogP contribution < -0.4 is 0 Å². The lowest BCUT2D eigenvalue weighted by molar-refractivity contribution is -0.0656. The van der Waals surface area contributed by atoms with Gasteiger partial charge >= 0.3 is 0 Å². The van der Waals surface area contributed by atoms with Crippen molar-refractivity contribution in [2.24, 2.45) is 40.4 Å². The molecule has 9 atom stereocenters. The van der Waals surface area contributed by atoms with Crippen LogP contribution in [0.15, 0.2) is 11.6 Å². The van der Waals surface area contributed by atoms with Gasteiger partial charge in [-0.25, -0.2) is 0 Å². The molecule has 0 saturated heterocycles. The van der Waals surface area contributed by atoms with Gasteiger partial charge in [0.15, 0.2) is 0 Å². The van der Waals surface area contributed by atoms with Crippen molar-refractivity contribution in [3.05, 3.63) is 11.6 Å². The summed E-state index contributed by atoms with van der Waals surface area (Å²) in [5.41, 5.74) is -1.29. The molecule has 4 aliphatic carbocycles. The van der Waals surface area contributed by atoms with E-state index in [1.165, 1.54) is 18.4 Å². The molecule has 0 heterocycles. The number of aliphatic hydroxyl groups is 3. The van der Waals surface area contributed by atoms with Gasteiger partial charge in [0.05, 0.1) is 17.8 Å².